The van der Waals surface area contributed by atoms with E-state index < -0.39 is 0 Å². The number of fused-ring (bicyclic) bond motifs is 1. The van der Waals surface area contributed by atoms with Crippen LogP contribution in [-0.2, 0) is 24.2 Å². The molecule has 0 radical (unpaired) electrons. The second kappa shape index (κ2) is 8.46. The van der Waals surface area contributed by atoms with Gasteiger partial charge in [-0.3, -0.25) is 14.5 Å². The monoisotopic (exact) mass is 417 g/mol. The van der Waals surface area contributed by atoms with E-state index in [0.717, 1.165) is 70.3 Å². The van der Waals surface area contributed by atoms with Gasteiger partial charge in [-0.25, -0.2) is 0 Å². The summed E-state index contributed by atoms with van der Waals surface area (Å²) in [4.78, 5) is 27.7. The Morgan fingerprint density at radius 2 is 1.87 bits per heavy atom. The Morgan fingerprint density at radius 1 is 1.06 bits per heavy atom. The molecule has 5 heteroatoms. The van der Waals surface area contributed by atoms with Crippen molar-refractivity contribution in [2.24, 2.45) is 5.41 Å². The number of piperidine rings is 1. The van der Waals surface area contributed by atoms with Gasteiger partial charge in [0.1, 0.15) is 0 Å². The van der Waals surface area contributed by atoms with Crippen molar-refractivity contribution in [3.05, 3.63) is 70.8 Å². The zero-order valence-electron chi connectivity index (χ0n) is 18.0. The van der Waals surface area contributed by atoms with Crippen molar-refractivity contribution in [1.82, 2.24) is 15.5 Å². The molecule has 162 valence electrons. The average Bonchev–Trinajstić information content (AvgIpc) is 3.14. The Morgan fingerprint density at radius 3 is 2.61 bits per heavy atom. The molecule has 2 N–H and O–H groups in total. The molecule has 2 aromatic carbocycles. The Labute approximate surface area is 184 Å². The molecule has 3 aliphatic rings. The van der Waals surface area contributed by atoms with Gasteiger partial charge in [0.05, 0.1) is 5.41 Å². The molecule has 2 aliphatic heterocycles. The SMILES string of the molecule is O=C(NC1CCN(Cc2ccccc2)CC1)c1ccc2c(c1)CCC1(CCNC1=O)C2. The van der Waals surface area contributed by atoms with E-state index in [4.69, 9.17) is 0 Å². The molecular weight excluding hydrogens is 386 g/mol. The lowest BCUT2D eigenvalue weighted by Crippen LogP contribution is -2.44. The molecule has 5 nitrogen and oxygen atoms in total. The Kier molecular flexibility index (Phi) is 5.53. The van der Waals surface area contributed by atoms with E-state index in [1.54, 1.807) is 0 Å². The number of hydrogen-bond acceptors (Lipinski definition) is 3. The van der Waals surface area contributed by atoms with Crippen molar-refractivity contribution in [3.63, 3.8) is 0 Å². The van der Waals surface area contributed by atoms with Crippen LogP contribution in [0, 0.1) is 5.41 Å². The number of carbonyl (C=O) groups is 2. The number of benzene rings is 2. The van der Waals surface area contributed by atoms with Gasteiger partial charge in [-0.1, -0.05) is 36.4 Å². The zero-order chi connectivity index (χ0) is 21.3. The molecular formula is C26H31N3O2. The average molecular weight is 418 g/mol. The third kappa shape index (κ3) is 4.24. The first-order chi connectivity index (χ1) is 15.1. The molecule has 2 saturated heterocycles. The van der Waals surface area contributed by atoms with Gasteiger partial charge in [-0.05, 0) is 67.3 Å². The van der Waals surface area contributed by atoms with Crippen LogP contribution in [0.2, 0.25) is 0 Å². The van der Waals surface area contributed by atoms with Gasteiger partial charge in [0, 0.05) is 37.8 Å². The minimum atomic E-state index is -0.218. The summed E-state index contributed by atoms with van der Waals surface area (Å²) >= 11 is 0. The van der Waals surface area contributed by atoms with E-state index in [9.17, 15) is 9.59 Å². The van der Waals surface area contributed by atoms with Crippen molar-refractivity contribution in [2.45, 2.75) is 51.1 Å². The summed E-state index contributed by atoms with van der Waals surface area (Å²) in [5, 5.41) is 6.25. The lowest BCUT2D eigenvalue weighted by Gasteiger charge is -2.33. The van der Waals surface area contributed by atoms with Crippen LogP contribution in [0.5, 0.6) is 0 Å². The van der Waals surface area contributed by atoms with Crippen LogP contribution in [0.1, 0.15) is 52.7 Å². The third-order valence-corrected chi connectivity index (χ3v) is 7.41. The van der Waals surface area contributed by atoms with Gasteiger partial charge in [0.15, 0.2) is 0 Å². The van der Waals surface area contributed by atoms with Crippen LogP contribution in [0.3, 0.4) is 0 Å². The van der Waals surface area contributed by atoms with Crippen molar-refractivity contribution in [1.29, 1.82) is 0 Å². The highest BCUT2D eigenvalue weighted by molar-refractivity contribution is 5.94. The molecule has 0 bridgehead atoms. The highest BCUT2D eigenvalue weighted by Crippen LogP contribution is 2.41. The molecule has 1 spiro atoms. The zero-order valence-corrected chi connectivity index (χ0v) is 18.0. The number of hydrogen-bond donors (Lipinski definition) is 2. The molecule has 1 aliphatic carbocycles. The molecule has 0 saturated carbocycles. The van der Waals surface area contributed by atoms with Crippen LogP contribution >= 0.6 is 0 Å². The number of carbonyl (C=O) groups excluding carboxylic acids is 2. The van der Waals surface area contributed by atoms with Crippen LogP contribution < -0.4 is 10.6 Å². The number of nitrogens with zero attached hydrogens (tertiary/aromatic N) is 1. The van der Waals surface area contributed by atoms with Crippen LogP contribution in [0.25, 0.3) is 0 Å². The van der Waals surface area contributed by atoms with Gasteiger partial charge in [0.25, 0.3) is 5.91 Å². The summed E-state index contributed by atoms with van der Waals surface area (Å²) in [5.74, 6) is 0.238. The van der Waals surface area contributed by atoms with E-state index in [1.807, 2.05) is 6.07 Å². The highest BCUT2D eigenvalue weighted by Gasteiger charge is 2.44. The minimum Gasteiger partial charge on any atom is -0.356 e. The van der Waals surface area contributed by atoms with Crippen LogP contribution in [0.4, 0.5) is 0 Å². The second-order valence-electron chi connectivity index (χ2n) is 9.46. The van der Waals surface area contributed by atoms with Crippen molar-refractivity contribution in [3.8, 4) is 0 Å². The van der Waals surface area contributed by atoms with E-state index >= 15 is 0 Å². The van der Waals surface area contributed by atoms with E-state index in [0.29, 0.717) is 0 Å². The van der Waals surface area contributed by atoms with Gasteiger partial charge in [-0.15, -0.1) is 0 Å². The standard InChI is InChI=1S/C26H31N3O2/c30-24(28-23-9-14-29(15-10-23)18-19-4-2-1-3-5-19)21-6-7-22-17-26(11-8-20(22)16-21)12-13-27-25(26)31/h1-7,16,23H,8-15,17-18H2,(H,27,31)(H,28,30). The third-order valence-electron chi connectivity index (χ3n) is 7.41. The van der Waals surface area contributed by atoms with Crippen LogP contribution in [-0.4, -0.2) is 42.4 Å². The fourth-order valence-electron chi connectivity index (χ4n) is 5.47. The Hall–Kier alpha value is -2.66. The normalized spacial score (nSPS) is 24.1. The van der Waals surface area contributed by atoms with Crippen LogP contribution in [0.15, 0.2) is 48.5 Å². The van der Waals surface area contributed by atoms with Gasteiger partial charge < -0.3 is 10.6 Å². The predicted octanol–water partition coefficient (Wildman–Crippen LogP) is 3.08. The van der Waals surface area contributed by atoms with Crippen molar-refractivity contribution < 1.29 is 9.59 Å². The lowest BCUT2D eigenvalue weighted by molar-refractivity contribution is -0.128. The maximum atomic E-state index is 12.9. The van der Waals surface area contributed by atoms with Gasteiger partial charge >= 0.3 is 0 Å². The Bertz CT molecular complexity index is 966. The molecule has 31 heavy (non-hydrogen) atoms. The molecule has 5 rings (SSSR count). The van der Waals surface area contributed by atoms with E-state index in [-0.39, 0.29) is 23.3 Å². The first-order valence-corrected chi connectivity index (χ1v) is 11.6. The molecule has 2 aromatic rings. The minimum absolute atomic E-state index is 0.0307. The molecule has 2 fully saturated rings. The van der Waals surface area contributed by atoms with Gasteiger partial charge in [0.2, 0.25) is 5.91 Å². The first-order valence-electron chi connectivity index (χ1n) is 11.6. The topological polar surface area (TPSA) is 61.4 Å². The lowest BCUT2D eigenvalue weighted by atomic mass is 9.70. The predicted molar refractivity (Wildman–Crippen MR) is 121 cm³/mol. The fourth-order valence-corrected chi connectivity index (χ4v) is 5.47. The second-order valence-corrected chi connectivity index (χ2v) is 9.46. The number of amides is 2. The maximum Gasteiger partial charge on any atom is 0.251 e. The van der Waals surface area contributed by atoms with E-state index in [2.05, 4.69) is 58.0 Å². The van der Waals surface area contributed by atoms with Crippen molar-refractivity contribution >= 4 is 11.8 Å². The smallest absolute Gasteiger partial charge is 0.251 e. The van der Waals surface area contributed by atoms with Crippen molar-refractivity contribution in [2.75, 3.05) is 19.6 Å². The maximum absolute atomic E-state index is 12.9. The summed E-state index contributed by atoms with van der Waals surface area (Å²) in [6.45, 7) is 3.78. The van der Waals surface area contributed by atoms with E-state index in [1.165, 1.54) is 16.7 Å². The largest absolute Gasteiger partial charge is 0.356 e. The molecule has 2 amide bonds. The molecule has 1 unspecified atom stereocenters. The summed E-state index contributed by atoms with van der Waals surface area (Å²) in [6.07, 6.45) is 5.47. The summed E-state index contributed by atoms with van der Waals surface area (Å²) in [7, 11) is 0. The molecule has 2 heterocycles. The Balaban J connectivity index is 1.16. The number of rotatable bonds is 4. The van der Waals surface area contributed by atoms with Gasteiger partial charge in [-0.2, -0.15) is 0 Å². The molecule has 0 aromatic heterocycles. The number of nitrogens with one attached hydrogen (secondary N) is 2. The summed E-state index contributed by atoms with van der Waals surface area (Å²) in [5.41, 5.74) is 4.34. The quantitative estimate of drug-likeness (QED) is 0.804. The fraction of sp³-hybridized carbons (Fsp3) is 0.462. The summed E-state index contributed by atoms with van der Waals surface area (Å²) < 4.78 is 0. The summed E-state index contributed by atoms with van der Waals surface area (Å²) in [6, 6.07) is 16.9. The number of aryl methyl sites for hydroxylation is 1. The molecule has 1 atom stereocenters. The number of likely N-dealkylation sites (tertiary alicyclic amines) is 1. The first kappa shape index (κ1) is 20.3. The highest BCUT2D eigenvalue weighted by atomic mass is 16.2.